The number of anilines is 2. The summed E-state index contributed by atoms with van der Waals surface area (Å²) in [4.78, 5) is 36.3. The first-order chi connectivity index (χ1) is 13.2. The molecule has 2 aromatic rings. The molecule has 0 radical (unpaired) electrons. The van der Waals surface area contributed by atoms with E-state index in [9.17, 15) is 18.8 Å². The van der Waals surface area contributed by atoms with Gasteiger partial charge in [0.25, 0.3) is 5.91 Å². The number of rotatable bonds is 6. The van der Waals surface area contributed by atoms with Crippen molar-refractivity contribution in [1.82, 2.24) is 5.32 Å². The number of benzene rings is 2. The summed E-state index contributed by atoms with van der Waals surface area (Å²) < 4.78 is 14.1. The van der Waals surface area contributed by atoms with Gasteiger partial charge < -0.3 is 16.0 Å². The zero-order chi connectivity index (χ0) is 20.8. The van der Waals surface area contributed by atoms with Crippen LogP contribution in [0.3, 0.4) is 0 Å². The van der Waals surface area contributed by atoms with E-state index in [1.165, 1.54) is 19.1 Å². The van der Waals surface area contributed by atoms with Gasteiger partial charge in [-0.15, -0.1) is 0 Å². The molecule has 0 fully saturated rings. The number of carbonyl (C=O) groups excluding carboxylic acids is 3. The molecular formula is C21H24FN3O3. The van der Waals surface area contributed by atoms with Gasteiger partial charge in [0.15, 0.2) is 0 Å². The first-order valence-corrected chi connectivity index (χ1v) is 8.93. The molecular weight excluding hydrogens is 361 g/mol. The van der Waals surface area contributed by atoms with Crippen molar-refractivity contribution in [2.75, 3.05) is 10.6 Å². The lowest BCUT2D eigenvalue weighted by Crippen LogP contribution is -2.47. The van der Waals surface area contributed by atoms with Crippen LogP contribution in [-0.2, 0) is 9.59 Å². The summed E-state index contributed by atoms with van der Waals surface area (Å²) >= 11 is 0. The van der Waals surface area contributed by atoms with Crippen molar-refractivity contribution < 1.29 is 18.8 Å². The van der Waals surface area contributed by atoms with Crippen LogP contribution in [-0.4, -0.2) is 23.8 Å². The Morgan fingerprint density at radius 2 is 1.61 bits per heavy atom. The summed E-state index contributed by atoms with van der Waals surface area (Å²) in [5, 5.41) is 7.72. The van der Waals surface area contributed by atoms with Gasteiger partial charge in [0.2, 0.25) is 11.8 Å². The summed E-state index contributed by atoms with van der Waals surface area (Å²) in [6, 6.07) is 9.98. The van der Waals surface area contributed by atoms with Gasteiger partial charge in [-0.3, -0.25) is 14.4 Å². The SMILES string of the molecule is CC(=O)Nc1ccc(F)c(NC(=O)C(NC(=O)c2ccc(C)cc2)C(C)C)c1. The molecule has 0 saturated heterocycles. The highest BCUT2D eigenvalue weighted by Crippen LogP contribution is 2.20. The monoisotopic (exact) mass is 385 g/mol. The van der Waals surface area contributed by atoms with Crippen LogP contribution in [0, 0.1) is 18.7 Å². The number of aryl methyl sites for hydroxylation is 1. The van der Waals surface area contributed by atoms with Crippen LogP contribution < -0.4 is 16.0 Å². The fraction of sp³-hybridized carbons (Fsp3) is 0.286. The maximum absolute atomic E-state index is 14.1. The highest BCUT2D eigenvalue weighted by molar-refractivity contribution is 6.01. The Labute approximate surface area is 163 Å². The van der Waals surface area contributed by atoms with Gasteiger partial charge in [0.05, 0.1) is 5.69 Å². The topological polar surface area (TPSA) is 87.3 Å². The van der Waals surface area contributed by atoms with Crippen molar-refractivity contribution in [3.05, 3.63) is 59.4 Å². The Kier molecular flexibility index (Phi) is 6.87. The number of hydrogen-bond donors (Lipinski definition) is 3. The molecule has 0 heterocycles. The second-order valence-corrected chi connectivity index (χ2v) is 6.93. The lowest BCUT2D eigenvalue weighted by atomic mass is 10.0. The van der Waals surface area contributed by atoms with Gasteiger partial charge in [-0.05, 0) is 43.2 Å². The number of halogens is 1. The molecule has 28 heavy (non-hydrogen) atoms. The van der Waals surface area contributed by atoms with Gasteiger partial charge in [0, 0.05) is 18.2 Å². The Morgan fingerprint density at radius 1 is 0.964 bits per heavy atom. The van der Waals surface area contributed by atoms with E-state index in [2.05, 4.69) is 16.0 Å². The van der Waals surface area contributed by atoms with Crippen molar-refractivity contribution >= 4 is 29.1 Å². The van der Waals surface area contributed by atoms with Crippen LogP contribution >= 0.6 is 0 Å². The maximum atomic E-state index is 14.1. The molecule has 3 N–H and O–H groups in total. The first kappa shape index (κ1) is 21.1. The standard InChI is InChI=1S/C21H24FN3O3/c1-12(2)19(25-20(27)15-7-5-13(3)6-8-15)21(28)24-18-11-16(23-14(4)26)9-10-17(18)22/h5-12,19H,1-4H3,(H,23,26)(H,24,28)(H,25,27). The molecule has 2 rings (SSSR count). The second kappa shape index (κ2) is 9.12. The van der Waals surface area contributed by atoms with E-state index in [1.807, 2.05) is 19.1 Å². The predicted molar refractivity (Wildman–Crippen MR) is 107 cm³/mol. The van der Waals surface area contributed by atoms with E-state index < -0.39 is 17.8 Å². The summed E-state index contributed by atoms with van der Waals surface area (Å²) in [6.07, 6.45) is 0. The van der Waals surface area contributed by atoms with E-state index in [1.54, 1.807) is 26.0 Å². The van der Waals surface area contributed by atoms with Crippen molar-refractivity contribution in [1.29, 1.82) is 0 Å². The van der Waals surface area contributed by atoms with Crippen molar-refractivity contribution in [3.8, 4) is 0 Å². The molecule has 6 nitrogen and oxygen atoms in total. The Hall–Kier alpha value is -3.22. The molecule has 1 atom stereocenters. The van der Waals surface area contributed by atoms with E-state index in [4.69, 9.17) is 0 Å². The number of nitrogens with one attached hydrogen (secondary N) is 3. The normalized spacial score (nSPS) is 11.6. The molecule has 1 unspecified atom stereocenters. The van der Waals surface area contributed by atoms with E-state index in [0.29, 0.717) is 11.3 Å². The Balaban J connectivity index is 2.15. The van der Waals surface area contributed by atoms with Gasteiger partial charge in [-0.2, -0.15) is 0 Å². The zero-order valence-electron chi connectivity index (χ0n) is 16.3. The van der Waals surface area contributed by atoms with Gasteiger partial charge in [-0.1, -0.05) is 31.5 Å². The Morgan fingerprint density at radius 3 is 2.18 bits per heavy atom. The van der Waals surface area contributed by atoms with Gasteiger partial charge in [0.1, 0.15) is 11.9 Å². The molecule has 0 aliphatic heterocycles. The molecule has 0 saturated carbocycles. The molecule has 2 aromatic carbocycles. The van der Waals surface area contributed by atoms with Crippen LogP contribution in [0.25, 0.3) is 0 Å². The summed E-state index contributed by atoms with van der Waals surface area (Å²) in [5.41, 5.74) is 1.73. The summed E-state index contributed by atoms with van der Waals surface area (Å²) in [6.45, 7) is 6.81. The van der Waals surface area contributed by atoms with Crippen molar-refractivity contribution in [2.45, 2.75) is 33.7 Å². The Bertz CT molecular complexity index is 879. The third-order valence-electron chi connectivity index (χ3n) is 4.09. The third-order valence-corrected chi connectivity index (χ3v) is 4.09. The lowest BCUT2D eigenvalue weighted by molar-refractivity contribution is -0.119. The van der Waals surface area contributed by atoms with E-state index in [0.717, 1.165) is 11.6 Å². The number of amides is 3. The highest BCUT2D eigenvalue weighted by atomic mass is 19.1. The molecule has 0 aliphatic carbocycles. The molecule has 7 heteroatoms. The van der Waals surface area contributed by atoms with Gasteiger partial charge in [-0.25, -0.2) is 4.39 Å². The number of hydrogen-bond acceptors (Lipinski definition) is 3. The zero-order valence-corrected chi connectivity index (χ0v) is 16.3. The van der Waals surface area contributed by atoms with E-state index >= 15 is 0 Å². The second-order valence-electron chi connectivity index (χ2n) is 6.93. The minimum absolute atomic E-state index is 0.0773. The molecule has 3 amide bonds. The van der Waals surface area contributed by atoms with Crippen LogP contribution in [0.1, 0.15) is 36.7 Å². The molecule has 0 aliphatic rings. The van der Waals surface area contributed by atoms with Crippen molar-refractivity contribution in [3.63, 3.8) is 0 Å². The minimum atomic E-state index is -0.863. The average molecular weight is 385 g/mol. The van der Waals surface area contributed by atoms with Crippen LogP contribution in [0.5, 0.6) is 0 Å². The number of carbonyl (C=O) groups is 3. The summed E-state index contributed by atoms with van der Waals surface area (Å²) in [7, 11) is 0. The quantitative estimate of drug-likeness (QED) is 0.711. The van der Waals surface area contributed by atoms with Gasteiger partial charge >= 0.3 is 0 Å². The third kappa shape index (κ3) is 5.64. The molecule has 0 bridgehead atoms. The largest absolute Gasteiger partial charge is 0.340 e. The lowest BCUT2D eigenvalue weighted by Gasteiger charge is -2.22. The van der Waals surface area contributed by atoms with Crippen LogP contribution in [0.2, 0.25) is 0 Å². The van der Waals surface area contributed by atoms with Crippen molar-refractivity contribution in [2.24, 2.45) is 5.92 Å². The first-order valence-electron chi connectivity index (χ1n) is 8.93. The minimum Gasteiger partial charge on any atom is -0.340 e. The van der Waals surface area contributed by atoms with E-state index in [-0.39, 0.29) is 23.4 Å². The fourth-order valence-corrected chi connectivity index (χ4v) is 2.58. The molecule has 0 aromatic heterocycles. The summed E-state index contributed by atoms with van der Waals surface area (Å²) in [5.74, 6) is -2.12. The van der Waals surface area contributed by atoms with Crippen LogP contribution in [0.4, 0.5) is 15.8 Å². The maximum Gasteiger partial charge on any atom is 0.251 e. The predicted octanol–water partition coefficient (Wildman–Crippen LogP) is 3.49. The molecule has 148 valence electrons. The average Bonchev–Trinajstić information content (AvgIpc) is 2.62. The fourth-order valence-electron chi connectivity index (χ4n) is 2.58. The van der Waals surface area contributed by atoms with Crippen LogP contribution in [0.15, 0.2) is 42.5 Å². The highest BCUT2D eigenvalue weighted by Gasteiger charge is 2.25. The smallest absolute Gasteiger partial charge is 0.251 e. The molecule has 0 spiro atoms.